The van der Waals surface area contributed by atoms with Crippen molar-refractivity contribution in [2.24, 2.45) is 7.05 Å². The summed E-state index contributed by atoms with van der Waals surface area (Å²) in [5, 5.41) is 3.08. The van der Waals surface area contributed by atoms with Crippen LogP contribution in [0.25, 0.3) is 0 Å². The maximum Gasteiger partial charge on any atom is 0.255 e. The Kier molecular flexibility index (Phi) is 4.84. The van der Waals surface area contributed by atoms with Gasteiger partial charge in [-0.15, -0.1) is 0 Å². The average molecular weight is 335 g/mol. The number of nitrogens with one attached hydrogen (secondary N) is 1. The van der Waals surface area contributed by atoms with Gasteiger partial charge in [0.25, 0.3) is 5.91 Å². The molecule has 3 rings (SSSR count). The van der Waals surface area contributed by atoms with Crippen LogP contribution in [0.15, 0.2) is 60.9 Å². The number of carbonyl (C=O) groups is 1. The number of aryl methyl sites for hydroxylation is 2. The van der Waals surface area contributed by atoms with Crippen LogP contribution in [-0.2, 0) is 7.05 Å². The van der Waals surface area contributed by atoms with Crippen LogP contribution in [0.3, 0.4) is 0 Å². The molecule has 1 amide bonds. The van der Waals surface area contributed by atoms with Crippen LogP contribution in [0.2, 0.25) is 0 Å². The van der Waals surface area contributed by atoms with Gasteiger partial charge in [-0.05, 0) is 24.6 Å². The second-order valence-electron chi connectivity index (χ2n) is 5.91. The number of imidazole rings is 1. The monoisotopic (exact) mass is 335 g/mol. The summed E-state index contributed by atoms with van der Waals surface area (Å²) < 4.78 is 7.21. The van der Waals surface area contributed by atoms with E-state index in [9.17, 15) is 4.79 Å². The molecule has 0 saturated heterocycles. The van der Waals surface area contributed by atoms with E-state index in [4.69, 9.17) is 4.74 Å². The molecule has 1 atom stereocenters. The van der Waals surface area contributed by atoms with Gasteiger partial charge in [-0.2, -0.15) is 0 Å². The number of hydrogen-bond donors (Lipinski definition) is 1. The topological polar surface area (TPSA) is 56.1 Å². The summed E-state index contributed by atoms with van der Waals surface area (Å²) in [5.74, 6) is 1.11. The fourth-order valence-electron chi connectivity index (χ4n) is 2.75. The van der Waals surface area contributed by atoms with E-state index in [-0.39, 0.29) is 11.9 Å². The molecular weight excluding hydrogens is 314 g/mol. The van der Waals surface area contributed by atoms with Gasteiger partial charge in [0.15, 0.2) is 0 Å². The minimum atomic E-state index is -0.349. The van der Waals surface area contributed by atoms with Crippen molar-refractivity contribution in [1.29, 1.82) is 0 Å². The number of nitrogens with zero attached hydrogens (tertiary/aromatic N) is 2. The Morgan fingerprint density at radius 1 is 1.16 bits per heavy atom. The summed E-state index contributed by atoms with van der Waals surface area (Å²) in [5.41, 5.74) is 2.64. The van der Waals surface area contributed by atoms with Crippen molar-refractivity contribution < 1.29 is 9.53 Å². The van der Waals surface area contributed by atoms with Crippen molar-refractivity contribution >= 4 is 5.91 Å². The molecule has 1 unspecified atom stereocenters. The van der Waals surface area contributed by atoms with Gasteiger partial charge in [-0.25, -0.2) is 4.98 Å². The molecule has 0 aliphatic heterocycles. The van der Waals surface area contributed by atoms with Gasteiger partial charge in [0.1, 0.15) is 17.6 Å². The van der Waals surface area contributed by atoms with Crippen LogP contribution < -0.4 is 10.1 Å². The molecule has 0 radical (unpaired) electrons. The molecule has 0 bridgehead atoms. The molecule has 0 spiro atoms. The molecule has 5 heteroatoms. The minimum absolute atomic E-state index is 0.203. The summed E-state index contributed by atoms with van der Waals surface area (Å²) in [4.78, 5) is 17.3. The van der Waals surface area contributed by atoms with E-state index < -0.39 is 0 Å². The van der Waals surface area contributed by atoms with E-state index in [0.29, 0.717) is 11.3 Å². The van der Waals surface area contributed by atoms with Gasteiger partial charge in [-0.1, -0.05) is 42.0 Å². The largest absolute Gasteiger partial charge is 0.496 e. The van der Waals surface area contributed by atoms with E-state index in [2.05, 4.69) is 10.3 Å². The highest BCUT2D eigenvalue weighted by molar-refractivity contribution is 5.97. The first-order valence-corrected chi connectivity index (χ1v) is 8.08. The van der Waals surface area contributed by atoms with E-state index in [0.717, 1.165) is 11.4 Å². The lowest BCUT2D eigenvalue weighted by molar-refractivity contribution is 0.0938. The Bertz CT molecular complexity index is 869. The second kappa shape index (κ2) is 7.21. The Morgan fingerprint density at radius 3 is 2.52 bits per heavy atom. The molecule has 1 heterocycles. The summed E-state index contributed by atoms with van der Waals surface area (Å²) in [7, 11) is 3.47. The minimum Gasteiger partial charge on any atom is -0.496 e. The SMILES string of the molecule is COc1ccccc1C(=O)NC(c1ccc(C)cc1)c1nccn1C. The van der Waals surface area contributed by atoms with Crippen LogP contribution in [0.5, 0.6) is 5.75 Å². The fraction of sp³-hybridized carbons (Fsp3) is 0.200. The van der Waals surface area contributed by atoms with Crippen molar-refractivity contribution in [1.82, 2.24) is 14.9 Å². The zero-order chi connectivity index (χ0) is 17.8. The van der Waals surface area contributed by atoms with E-state index in [1.807, 2.05) is 61.1 Å². The highest BCUT2D eigenvalue weighted by atomic mass is 16.5. The quantitative estimate of drug-likeness (QED) is 0.779. The smallest absolute Gasteiger partial charge is 0.255 e. The number of carbonyl (C=O) groups excluding carboxylic acids is 1. The van der Waals surface area contributed by atoms with Crippen LogP contribution in [0, 0.1) is 6.92 Å². The lowest BCUT2D eigenvalue weighted by Gasteiger charge is -2.20. The Labute approximate surface area is 147 Å². The van der Waals surface area contributed by atoms with Crippen molar-refractivity contribution in [3.63, 3.8) is 0 Å². The number of hydrogen-bond acceptors (Lipinski definition) is 3. The first kappa shape index (κ1) is 16.8. The molecule has 1 aromatic heterocycles. The molecule has 0 aliphatic carbocycles. The Hall–Kier alpha value is -3.08. The van der Waals surface area contributed by atoms with Crippen molar-refractivity contribution in [2.75, 3.05) is 7.11 Å². The summed E-state index contributed by atoms with van der Waals surface area (Å²) in [6, 6.07) is 14.9. The summed E-state index contributed by atoms with van der Waals surface area (Å²) in [6.07, 6.45) is 3.59. The molecule has 3 aromatic rings. The van der Waals surface area contributed by atoms with E-state index in [1.54, 1.807) is 25.4 Å². The lowest BCUT2D eigenvalue weighted by Crippen LogP contribution is -2.31. The number of para-hydroxylation sites is 1. The van der Waals surface area contributed by atoms with Gasteiger partial charge in [0.05, 0.1) is 12.7 Å². The first-order chi connectivity index (χ1) is 12.1. The van der Waals surface area contributed by atoms with Crippen molar-refractivity contribution in [3.8, 4) is 5.75 Å². The normalized spacial score (nSPS) is 11.8. The summed E-state index contributed by atoms with van der Waals surface area (Å²) >= 11 is 0. The number of methoxy groups -OCH3 is 1. The number of aromatic nitrogens is 2. The Morgan fingerprint density at radius 2 is 1.88 bits per heavy atom. The predicted octanol–water partition coefficient (Wildman–Crippen LogP) is 3.26. The summed E-state index contributed by atoms with van der Waals surface area (Å²) in [6.45, 7) is 2.03. The molecule has 5 nitrogen and oxygen atoms in total. The van der Waals surface area contributed by atoms with Crippen LogP contribution in [0.4, 0.5) is 0 Å². The lowest BCUT2D eigenvalue weighted by atomic mass is 10.0. The third kappa shape index (κ3) is 3.55. The molecule has 2 aromatic carbocycles. The zero-order valence-electron chi connectivity index (χ0n) is 14.6. The third-order valence-electron chi connectivity index (χ3n) is 4.15. The molecule has 0 saturated carbocycles. The van der Waals surface area contributed by atoms with Gasteiger partial charge in [0.2, 0.25) is 0 Å². The standard InChI is InChI=1S/C20H21N3O2/c1-14-8-10-15(11-9-14)18(19-21-12-13-23(19)2)22-20(24)16-6-4-5-7-17(16)25-3/h4-13,18H,1-3H3,(H,22,24). The molecule has 0 aliphatic rings. The number of rotatable bonds is 5. The molecule has 1 N–H and O–H groups in total. The maximum absolute atomic E-state index is 12.9. The van der Waals surface area contributed by atoms with Gasteiger partial charge >= 0.3 is 0 Å². The van der Waals surface area contributed by atoms with Crippen molar-refractivity contribution in [3.05, 3.63) is 83.4 Å². The third-order valence-corrected chi connectivity index (χ3v) is 4.15. The van der Waals surface area contributed by atoms with Gasteiger partial charge < -0.3 is 14.6 Å². The molecule has 0 fully saturated rings. The fourth-order valence-corrected chi connectivity index (χ4v) is 2.75. The average Bonchev–Trinajstić information content (AvgIpc) is 3.06. The predicted molar refractivity (Wildman–Crippen MR) is 96.7 cm³/mol. The highest BCUT2D eigenvalue weighted by Gasteiger charge is 2.22. The Balaban J connectivity index is 1.97. The number of ether oxygens (including phenoxy) is 1. The molecule has 25 heavy (non-hydrogen) atoms. The van der Waals surface area contributed by atoms with Crippen LogP contribution >= 0.6 is 0 Å². The van der Waals surface area contributed by atoms with Crippen LogP contribution in [-0.4, -0.2) is 22.6 Å². The maximum atomic E-state index is 12.9. The highest BCUT2D eigenvalue weighted by Crippen LogP contribution is 2.23. The first-order valence-electron chi connectivity index (χ1n) is 8.08. The molecular formula is C20H21N3O2. The number of amides is 1. The zero-order valence-corrected chi connectivity index (χ0v) is 14.6. The molecule has 128 valence electrons. The van der Waals surface area contributed by atoms with Gasteiger partial charge in [-0.3, -0.25) is 4.79 Å². The van der Waals surface area contributed by atoms with Crippen molar-refractivity contribution in [2.45, 2.75) is 13.0 Å². The number of benzene rings is 2. The van der Waals surface area contributed by atoms with E-state index in [1.165, 1.54) is 5.56 Å². The van der Waals surface area contributed by atoms with Crippen LogP contribution in [0.1, 0.15) is 33.4 Å². The van der Waals surface area contributed by atoms with Gasteiger partial charge in [0, 0.05) is 19.4 Å². The second-order valence-corrected chi connectivity index (χ2v) is 5.91. The van der Waals surface area contributed by atoms with E-state index >= 15 is 0 Å².